The number of hydrogen-bond acceptors (Lipinski definition) is 2. The van der Waals surface area contributed by atoms with Crippen molar-refractivity contribution < 1.29 is 9.59 Å². The van der Waals surface area contributed by atoms with Crippen LogP contribution in [0.4, 0.5) is 0 Å². The monoisotopic (exact) mass is 322 g/mol. The van der Waals surface area contributed by atoms with Gasteiger partial charge in [-0.3, -0.25) is 9.59 Å². The van der Waals surface area contributed by atoms with Crippen molar-refractivity contribution in [2.75, 3.05) is 6.54 Å². The van der Waals surface area contributed by atoms with Gasteiger partial charge in [0, 0.05) is 0 Å². The number of amides is 2. The average Bonchev–Trinajstić information content (AvgIpc) is 2.90. The van der Waals surface area contributed by atoms with Crippen LogP contribution in [0.1, 0.15) is 29.7 Å². The van der Waals surface area contributed by atoms with Crippen molar-refractivity contribution in [1.82, 2.24) is 10.6 Å². The van der Waals surface area contributed by atoms with Gasteiger partial charge in [-0.15, -0.1) is 0 Å². The third kappa shape index (κ3) is 3.82. The molecule has 1 aliphatic carbocycles. The van der Waals surface area contributed by atoms with Crippen LogP contribution >= 0.6 is 0 Å². The predicted molar refractivity (Wildman–Crippen MR) is 93.3 cm³/mol. The highest BCUT2D eigenvalue weighted by molar-refractivity contribution is 5.86. The van der Waals surface area contributed by atoms with Gasteiger partial charge in [-0.2, -0.15) is 0 Å². The molecule has 0 spiro atoms. The standard InChI is InChI=1S/C20H22N2O2/c1-14-11-16-9-5-6-10-17(16)20(14)22-19(24)13-21-18(23)12-15-7-3-2-4-8-15/h2-10,14,20H,11-13H2,1H3,(H,21,23)(H,22,24)/t14-,20+/m0/s1. The van der Waals surface area contributed by atoms with E-state index in [1.165, 1.54) is 11.1 Å². The lowest BCUT2D eigenvalue weighted by Crippen LogP contribution is -2.40. The van der Waals surface area contributed by atoms with Crippen molar-refractivity contribution in [2.45, 2.75) is 25.8 Å². The van der Waals surface area contributed by atoms with Crippen molar-refractivity contribution in [3.05, 3.63) is 71.3 Å². The fraction of sp³-hybridized carbons (Fsp3) is 0.300. The summed E-state index contributed by atoms with van der Waals surface area (Å²) in [7, 11) is 0. The Balaban J connectivity index is 1.50. The Morgan fingerprint density at radius 3 is 2.50 bits per heavy atom. The highest BCUT2D eigenvalue weighted by Crippen LogP contribution is 2.35. The maximum absolute atomic E-state index is 12.2. The number of benzene rings is 2. The Morgan fingerprint density at radius 1 is 1.00 bits per heavy atom. The molecule has 0 unspecified atom stereocenters. The van der Waals surface area contributed by atoms with E-state index in [0.717, 1.165) is 12.0 Å². The summed E-state index contributed by atoms with van der Waals surface area (Å²) in [4.78, 5) is 24.1. The normalized spacial score (nSPS) is 18.7. The van der Waals surface area contributed by atoms with E-state index in [0.29, 0.717) is 5.92 Å². The second-order valence-electron chi connectivity index (χ2n) is 6.36. The zero-order chi connectivity index (χ0) is 16.9. The maximum Gasteiger partial charge on any atom is 0.239 e. The van der Waals surface area contributed by atoms with Gasteiger partial charge in [-0.25, -0.2) is 0 Å². The van der Waals surface area contributed by atoms with Gasteiger partial charge in [-0.1, -0.05) is 61.5 Å². The molecule has 0 aliphatic heterocycles. The highest BCUT2D eigenvalue weighted by Gasteiger charge is 2.29. The molecule has 0 fully saturated rings. The number of carbonyl (C=O) groups excluding carboxylic acids is 2. The minimum atomic E-state index is -0.148. The van der Waals surface area contributed by atoms with Crippen LogP contribution in [-0.2, 0) is 22.4 Å². The molecular formula is C20H22N2O2. The van der Waals surface area contributed by atoms with E-state index in [1.807, 2.05) is 42.5 Å². The summed E-state index contributed by atoms with van der Waals surface area (Å²) in [6, 6.07) is 17.7. The molecule has 0 bridgehead atoms. The summed E-state index contributed by atoms with van der Waals surface area (Å²) in [5.74, 6) is 0.0764. The Kier molecular flexibility index (Phi) is 4.94. The van der Waals surface area contributed by atoms with Gasteiger partial charge >= 0.3 is 0 Å². The van der Waals surface area contributed by atoms with Crippen molar-refractivity contribution in [2.24, 2.45) is 5.92 Å². The van der Waals surface area contributed by atoms with Crippen molar-refractivity contribution in [3.8, 4) is 0 Å². The summed E-state index contributed by atoms with van der Waals surface area (Å²) in [6.07, 6.45) is 1.26. The highest BCUT2D eigenvalue weighted by atomic mass is 16.2. The first-order valence-corrected chi connectivity index (χ1v) is 8.31. The van der Waals surface area contributed by atoms with Crippen LogP contribution in [0.25, 0.3) is 0 Å². The molecule has 2 atom stereocenters. The van der Waals surface area contributed by atoms with Gasteiger partial charge in [-0.05, 0) is 29.0 Å². The number of nitrogens with one attached hydrogen (secondary N) is 2. The number of rotatable bonds is 5. The van der Waals surface area contributed by atoms with Gasteiger partial charge in [0.2, 0.25) is 11.8 Å². The van der Waals surface area contributed by atoms with Crippen LogP contribution in [0.15, 0.2) is 54.6 Å². The summed E-state index contributed by atoms with van der Waals surface area (Å²) < 4.78 is 0. The number of hydrogen-bond donors (Lipinski definition) is 2. The van der Waals surface area contributed by atoms with Crippen molar-refractivity contribution in [3.63, 3.8) is 0 Å². The van der Waals surface area contributed by atoms with Gasteiger partial charge in [0.1, 0.15) is 0 Å². The molecular weight excluding hydrogens is 300 g/mol. The fourth-order valence-corrected chi connectivity index (χ4v) is 3.26. The van der Waals surface area contributed by atoms with Crippen molar-refractivity contribution >= 4 is 11.8 Å². The van der Waals surface area contributed by atoms with Crippen LogP contribution < -0.4 is 10.6 Å². The van der Waals surface area contributed by atoms with Crippen LogP contribution in [0.5, 0.6) is 0 Å². The molecule has 0 heterocycles. The first-order valence-electron chi connectivity index (χ1n) is 8.31. The zero-order valence-corrected chi connectivity index (χ0v) is 13.8. The SMILES string of the molecule is C[C@H]1Cc2ccccc2[C@@H]1NC(=O)CNC(=O)Cc1ccccc1. The van der Waals surface area contributed by atoms with E-state index < -0.39 is 0 Å². The van der Waals surface area contributed by atoms with Crippen LogP contribution in [0.3, 0.4) is 0 Å². The fourth-order valence-electron chi connectivity index (χ4n) is 3.26. The second-order valence-corrected chi connectivity index (χ2v) is 6.36. The van der Waals surface area contributed by atoms with Gasteiger partial charge in [0.05, 0.1) is 19.0 Å². The minimum Gasteiger partial charge on any atom is -0.347 e. The van der Waals surface area contributed by atoms with E-state index in [4.69, 9.17) is 0 Å². The lowest BCUT2D eigenvalue weighted by molar-refractivity contribution is -0.126. The summed E-state index contributed by atoms with van der Waals surface area (Å²) in [5, 5.41) is 5.74. The Labute approximate surface area is 142 Å². The van der Waals surface area contributed by atoms with E-state index in [-0.39, 0.29) is 30.8 Å². The largest absolute Gasteiger partial charge is 0.347 e. The summed E-state index contributed by atoms with van der Waals surface area (Å²) >= 11 is 0. The summed E-state index contributed by atoms with van der Waals surface area (Å²) in [5.41, 5.74) is 3.42. The van der Waals surface area contributed by atoms with Gasteiger partial charge in [0.15, 0.2) is 0 Å². The predicted octanol–water partition coefficient (Wildman–Crippen LogP) is 2.40. The number of fused-ring (bicyclic) bond motifs is 1. The molecule has 4 heteroatoms. The lowest BCUT2D eigenvalue weighted by Gasteiger charge is -2.19. The third-order valence-electron chi connectivity index (χ3n) is 4.47. The Morgan fingerprint density at radius 2 is 1.71 bits per heavy atom. The molecule has 0 aromatic heterocycles. The topological polar surface area (TPSA) is 58.2 Å². The molecule has 2 aromatic rings. The molecule has 1 aliphatic rings. The van der Waals surface area contributed by atoms with Crippen LogP contribution in [0.2, 0.25) is 0 Å². The quantitative estimate of drug-likeness (QED) is 0.888. The Hall–Kier alpha value is -2.62. The molecule has 3 rings (SSSR count). The molecule has 2 amide bonds. The van der Waals surface area contributed by atoms with Gasteiger partial charge in [0.25, 0.3) is 0 Å². The third-order valence-corrected chi connectivity index (χ3v) is 4.47. The first kappa shape index (κ1) is 16.2. The van der Waals surface area contributed by atoms with Crippen LogP contribution in [-0.4, -0.2) is 18.4 Å². The zero-order valence-electron chi connectivity index (χ0n) is 13.8. The van der Waals surface area contributed by atoms with E-state index in [2.05, 4.69) is 29.7 Å². The number of carbonyl (C=O) groups is 2. The average molecular weight is 322 g/mol. The lowest BCUT2D eigenvalue weighted by atomic mass is 10.0. The smallest absolute Gasteiger partial charge is 0.239 e. The molecule has 0 radical (unpaired) electrons. The summed E-state index contributed by atoms with van der Waals surface area (Å²) in [6.45, 7) is 2.15. The Bertz CT molecular complexity index is 727. The maximum atomic E-state index is 12.2. The molecule has 4 nitrogen and oxygen atoms in total. The van der Waals surface area contributed by atoms with E-state index in [1.54, 1.807) is 0 Å². The van der Waals surface area contributed by atoms with Gasteiger partial charge < -0.3 is 10.6 Å². The molecule has 2 N–H and O–H groups in total. The molecule has 24 heavy (non-hydrogen) atoms. The molecule has 0 saturated carbocycles. The van der Waals surface area contributed by atoms with Crippen LogP contribution in [0, 0.1) is 5.92 Å². The molecule has 0 saturated heterocycles. The first-order chi connectivity index (χ1) is 11.6. The second kappa shape index (κ2) is 7.30. The minimum absolute atomic E-state index is 0.0110. The molecule has 124 valence electrons. The molecule has 2 aromatic carbocycles. The van der Waals surface area contributed by atoms with E-state index in [9.17, 15) is 9.59 Å². The van der Waals surface area contributed by atoms with Crippen molar-refractivity contribution in [1.29, 1.82) is 0 Å². The van der Waals surface area contributed by atoms with E-state index >= 15 is 0 Å².